The summed E-state index contributed by atoms with van der Waals surface area (Å²) in [5.41, 5.74) is 0.0685. The molecule has 1 aliphatic heterocycles. The summed E-state index contributed by atoms with van der Waals surface area (Å²) in [5, 5.41) is 2.70. The van der Waals surface area contributed by atoms with E-state index in [-0.39, 0.29) is 11.6 Å². The Kier molecular flexibility index (Phi) is 4.05. The molecule has 2 aromatic heterocycles. The van der Waals surface area contributed by atoms with Gasteiger partial charge in [0, 0.05) is 19.1 Å². The zero-order valence-corrected chi connectivity index (χ0v) is 13.2. The molecular formula is C14H19N3OS2. The van der Waals surface area contributed by atoms with Crippen molar-refractivity contribution in [3.05, 3.63) is 26.6 Å². The van der Waals surface area contributed by atoms with Crippen molar-refractivity contribution in [3.63, 3.8) is 0 Å². The van der Waals surface area contributed by atoms with Crippen molar-refractivity contribution in [3.8, 4) is 0 Å². The van der Waals surface area contributed by atoms with E-state index in [2.05, 4.69) is 16.8 Å². The molecule has 0 atom stereocenters. The molecule has 1 fully saturated rings. The number of rotatable bonds is 3. The van der Waals surface area contributed by atoms with E-state index in [0.29, 0.717) is 4.77 Å². The Morgan fingerprint density at radius 3 is 2.90 bits per heavy atom. The first kappa shape index (κ1) is 14.0. The molecule has 0 amide bonds. The number of hydrogen-bond donors (Lipinski definition) is 1. The van der Waals surface area contributed by atoms with Crippen LogP contribution in [0.3, 0.4) is 0 Å². The topological polar surface area (TPSA) is 41.0 Å². The number of fused-ring (bicyclic) bond motifs is 1. The van der Waals surface area contributed by atoms with Gasteiger partial charge in [-0.2, -0.15) is 0 Å². The lowest BCUT2D eigenvalue weighted by molar-refractivity contribution is 0.184. The number of likely N-dealkylation sites (tertiary alicyclic amines) is 1. The monoisotopic (exact) mass is 309 g/mol. The second-order valence-corrected chi connectivity index (χ2v) is 6.64. The summed E-state index contributed by atoms with van der Waals surface area (Å²) in [6, 6.07) is 2.12. The molecule has 0 aliphatic carbocycles. The van der Waals surface area contributed by atoms with Gasteiger partial charge in [0.15, 0.2) is 4.77 Å². The Hall–Kier alpha value is -0.980. The number of piperidine rings is 1. The van der Waals surface area contributed by atoms with E-state index >= 15 is 0 Å². The molecule has 0 bridgehead atoms. The Bertz CT molecular complexity index is 707. The molecule has 0 unspecified atom stereocenters. The van der Waals surface area contributed by atoms with E-state index in [1.165, 1.54) is 17.8 Å². The summed E-state index contributed by atoms with van der Waals surface area (Å²) in [5.74, 6) is 0. The van der Waals surface area contributed by atoms with E-state index in [4.69, 9.17) is 12.2 Å². The number of H-pyrrole nitrogens is 1. The highest BCUT2D eigenvalue weighted by molar-refractivity contribution is 7.71. The lowest BCUT2D eigenvalue weighted by Gasteiger charge is -2.32. The van der Waals surface area contributed by atoms with Gasteiger partial charge in [0.05, 0.1) is 5.39 Å². The van der Waals surface area contributed by atoms with Crippen LogP contribution in [0.4, 0.5) is 0 Å². The fourth-order valence-electron chi connectivity index (χ4n) is 3.00. The summed E-state index contributed by atoms with van der Waals surface area (Å²) in [6.45, 7) is 5.47. The third kappa shape index (κ3) is 2.47. The molecule has 0 saturated carbocycles. The minimum Gasteiger partial charge on any atom is -0.323 e. The fourth-order valence-corrected chi connectivity index (χ4v) is 4.18. The van der Waals surface area contributed by atoms with Crippen LogP contribution in [0.2, 0.25) is 0 Å². The summed E-state index contributed by atoms with van der Waals surface area (Å²) >= 11 is 6.93. The van der Waals surface area contributed by atoms with Gasteiger partial charge < -0.3 is 9.88 Å². The number of nitrogens with one attached hydrogen (secondary N) is 1. The molecule has 1 saturated heterocycles. The van der Waals surface area contributed by atoms with E-state index in [1.807, 2.05) is 11.4 Å². The molecule has 3 rings (SSSR count). The summed E-state index contributed by atoms with van der Waals surface area (Å²) in [7, 11) is 0. The van der Waals surface area contributed by atoms with Gasteiger partial charge in [0.25, 0.3) is 5.56 Å². The molecule has 1 aliphatic rings. The maximum atomic E-state index is 12.6. The van der Waals surface area contributed by atoms with Crippen LogP contribution < -0.4 is 5.56 Å². The fraction of sp³-hybridized carbons (Fsp3) is 0.571. The van der Waals surface area contributed by atoms with Crippen molar-refractivity contribution in [1.82, 2.24) is 14.5 Å². The van der Waals surface area contributed by atoms with Crippen LogP contribution in [0.5, 0.6) is 0 Å². The van der Waals surface area contributed by atoms with Crippen LogP contribution in [-0.2, 0) is 0 Å². The molecule has 1 N–H and O–H groups in total. The van der Waals surface area contributed by atoms with Crippen LogP contribution >= 0.6 is 23.6 Å². The van der Waals surface area contributed by atoms with Crippen molar-refractivity contribution in [2.24, 2.45) is 0 Å². The van der Waals surface area contributed by atoms with Gasteiger partial charge in [0.1, 0.15) is 4.83 Å². The highest BCUT2D eigenvalue weighted by atomic mass is 32.1. The number of aromatic nitrogens is 2. The maximum absolute atomic E-state index is 12.6. The van der Waals surface area contributed by atoms with E-state index in [0.717, 1.165) is 42.7 Å². The highest BCUT2D eigenvalue weighted by Gasteiger charge is 2.22. The van der Waals surface area contributed by atoms with Crippen molar-refractivity contribution in [2.45, 2.75) is 32.2 Å². The quantitative estimate of drug-likeness (QED) is 0.886. The van der Waals surface area contributed by atoms with Crippen LogP contribution in [0.25, 0.3) is 10.2 Å². The molecule has 0 radical (unpaired) electrons. The smallest absolute Gasteiger partial charge is 0.263 e. The normalized spacial score (nSPS) is 17.9. The average molecular weight is 309 g/mol. The van der Waals surface area contributed by atoms with Gasteiger partial charge in [-0.3, -0.25) is 9.36 Å². The lowest BCUT2D eigenvalue weighted by Crippen LogP contribution is -2.38. The highest BCUT2D eigenvalue weighted by Crippen LogP contribution is 2.23. The maximum Gasteiger partial charge on any atom is 0.263 e. The Morgan fingerprint density at radius 2 is 2.20 bits per heavy atom. The second-order valence-electron chi connectivity index (χ2n) is 5.34. The molecule has 0 spiro atoms. The predicted octanol–water partition coefficient (Wildman–Crippen LogP) is 3.17. The van der Waals surface area contributed by atoms with Crippen molar-refractivity contribution < 1.29 is 0 Å². The Morgan fingerprint density at radius 1 is 1.45 bits per heavy atom. The molecular weight excluding hydrogens is 290 g/mol. The molecule has 20 heavy (non-hydrogen) atoms. The minimum atomic E-state index is 0.0685. The van der Waals surface area contributed by atoms with Crippen molar-refractivity contribution in [2.75, 3.05) is 19.6 Å². The van der Waals surface area contributed by atoms with Crippen LogP contribution in [0.15, 0.2) is 16.2 Å². The molecule has 6 heteroatoms. The first-order chi connectivity index (χ1) is 9.70. The number of hydrogen-bond acceptors (Lipinski definition) is 4. The zero-order valence-electron chi connectivity index (χ0n) is 11.6. The first-order valence-electron chi connectivity index (χ1n) is 7.15. The van der Waals surface area contributed by atoms with Crippen molar-refractivity contribution in [1.29, 1.82) is 0 Å². The van der Waals surface area contributed by atoms with Gasteiger partial charge >= 0.3 is 0 Å². The van der Waals surface area contributed by atoms with Crippen LogP contribution in [0.1, 0.15) is 32.2 Å². The number of aromatic amines is 1. The van der Waals surface area contributed by atoms with Gasteiger partial charge in [0.2, 0.25) is 0 Å². The van der Waals surface area contributed by atoms with Gasteiger partial charge in [-0.05, 0) is 49.5 Å². The largest absolute Gasteiger partial charge is 0.323 e. The third-order valence-corrected chi connectivity index (χ3v) is 5.14. The second kappa shape index (κ2) is 5.79. The average Bonchev–Trinajstić information content (AvgIpc) is 2.89. The Balaban J connectivity index is 1.91. The van der Waals surface area contributed by atoms with Gasteiger partial charge in [-0.25, -0.2) is 0 Å². The molecule has 4 nitrogen and oxygen atoms in total. The van der Waals surface area contributed by atoms with Crippen LogP contribution in [0, 0.1) is 4.77 Å². The summed E-state index contributed by atoms with van der Waals surface area (Å²) in [4.78, 5) is 19.1. The SMILES string of the molecule is CCCN1CCC(n2c(=S)[nH]c3sccc3c2=O)CC1. The first-order valence-corrected chi connectivity index (χ1v) is 8.44. The lowest BCUT2D eigenvalue weighted by atomic mass is 10.0. The van der Waals surface area contributed by atoms with E-state index in [1.54, 1.807) is 4.57 Å². The molecule has 0 aromatic carbocycles. The van der Waals surface area contributed by atoms with Crippen LogP contribution in [-0.4, -0.2) is 34.1 Å². The Labute approximate surface area is 127 Å². The molecule has 3 heterocycles. The third-order valence-electron chi connectivity index (χ3n) is 4.02. The van der Waals surface area contributed by atoms with E-state index in [9.17, 15) is 4.79 Å². The molecule has 108 valence electrons. The zero-order chi connectivity index (χ0) is 14.1. The van der Waals surface area contributed by atoms with Gasteiger partial charge in [-0.1, -0.05) is 6.92 Å². The minimum absolute atomic E-state index is 0.0685. The summed E-state index contributed by atoms with van der Waals surface area (Å²) in [6.07, 6.45) is 3.20. The number of nitrogens with zero attached hydrogens (tertiary/aromatic N) is 2. The van der Waals surface area contributed by atoms with Crippen molar-refractivity contribution >= 4 is 33.8 Å². The summed E-state index contributed by atoms with van der Waals surface area (Å²) < 4.78 is 2.37. The van der Waals surface area contributed by atoms with Gasteiger partial charge in [-0.15, -0.1) is 11.3 Å². The predicted molar refractivity (Wildman–Crippen MR) is 86.3 cm³/mol. The van der Waals surface area contributed by atoms with E-state index < -0.39 is 0 Å². The standard InChI is InChI=1S/C14H19N3OS2/c1-2-6-16-7-3-10(4-8-16)17-13(18)11-5-9-20-12(11)15-14(17)19/h5,9-10H,2-4,6-8H2,1H3,(H,15,19). The number of thiophene rings is 1. The molecule has 2 aromatic rings.